The zero-order chi connectivity index (χ0) is 14.0. The molecule has 1 aliphatic rings. The molecule has 3 heteroatoms. The van der Waals surface area contributed by atoms with Crippen LogP contribution in [0.4, 0.5) is 4.39 Å². The van der Waals surface area contributed by atoms with Gasteiger partial charge in [0.2, 0.25) is 0 Å². The fourth-order valence-electron chi connectivity index (χ4n) is 2.98. The van der Waals surface area contributed by atoms with E-state index in [1.54, 1.807) is 26.2 Å². The Kier molecular flexibility index (Phi) is 4.04. The molecular weight excluding hydrogens is 243 g/mol. The molecule has 0 saturated heterocycles. The van der Waals surface area contributed by atoms with Crippen LogP contribution in [0.3, 0.4) is 0 Å². The van der Waals surface area contributed by atoms with Crippen LogP contribution >= 0.6 is 0 Å². The van der Waals surface area contributed by atoms with Crippen molar-refractivity contribution in [2.24, 2.45) is 5.92 Å². The molecule has 1 fully saturated rings. The summed E-state index contributed by atoms with van der Waals surface area (Å²) in [6.45, 7) is 3.83. The van der Waals surface area contributed by atoms with E-state index in [4.69, 9.17) is 4.74 Å². The Morgan fingerprint density at radius 1 is 1.47 bits per heavy atom. The largest absolute Gasteiger partial charge is 0.370 e. The summed E-state index contributed by atoms with van der Waals surface area (Å²) in [5.41, 5.74) is 0.207. The van der Waals surface area contributed by atoms with Gasteiger partial charge in [0.1, 0.15) is 11.4 Å². The van der Waals surface area contributed by atoms with Crippen LogP contribution in [-0.4, -0.2) is 18.5 Å². The molecule has 1 aromatic carbocycles. The molecule has 19 heavy (non-hydrogen) atoms. The quantitative estimate of drug-likeness (QED) is 0.774. The highest BCUT2D eigenvalue weighted by atomic mass is 19.1. The predicted octanol–water partition coefficient (Wildman–Crippen LogP) is 3.91. The van der Waals surface area contributed by atoms with Crippen molar-refractivity contribution in [3.63, 3.8) is 0 Å². The summed E-state index contributed by atoms with van der Waals surface area (Å²) in [6.07, 6.45) is 3.55. The van der Waals surface area contributed by atoms with Crippen LogP contribution < -0.4 is 0 Å². The van der Waals surface area contributed by atoms with E-state index >= 15 is 0 Å². The zero-order valence-electron chi connectivity index (χ0n) is 11.8. The molecule has 1 aromatic rings. The zero-order valence-corrected chi connectivity index (χ0v) is 11.8. The fourth-order valence-corrected chi connectivity index (χ4v) is 2.98. The lowest BCUT2D eigenvalue weighted by atomic mass is 9.75. The lowest BCUT2D eigenvalue weighted by Gasteiger charge is -2.37. The van der Waals surface area contributed by atoms with Gasteiger partial charge in [-0.05, 0) is 43.7 Å². The maximum absolute atomic E-state index is 13.6. The third-order valence-corrected chi connectivity index (χ3v) is 4.19. The molecular formula is C16H21FO2. The fraction of sp³-hybridized carbons (Fsp3) is 0.562. The minimum Gasteiger partial charge on any atom is -0.370 e. The number of ether oxygens (including phenoxy) is 1. The van der Waals surface area contributed by atoms with Gasteiger partial charge in [-0.3, -0.25) is 4.79 Å². The number of hydrogen-bond donors (Lipinski definition) is 0. The van der Waals surface area contributed by atoms with Gasteiger partial charge in [0.15, 0.2) is 5.78 Å². The molecule has 0 aromatic heterocycles. The maximum Gasteiger partial charge on any atom is 0.194 e. The Morgan fingerprint density at radius 2 is 2.21 bits per heavy atom. The van der Waals surface area contributed by atoms with E-state index in [-0.39, 0.29) is 11.6 Å². The number of ketones is 1. The van der Waals surface area contributed by atoms with Crippen molar-refractivity contribution in [2.75, 3.05) is 7.11 Å². The lowest BCUT2D eigenvalue weighted by Crippen LogP contribution is -2.44. The van der Waals surface area contributed by atoms with Crippen molar-refractivity contribution in [2.45, 2.75) is 45.1 Å². The highest BCUT2D eigenvalue weighted by Crippen LogP contribution is 2.37. The molecule has 0 aliphatic heterocycles. The first-order valence-electron chi connectivity index (χ1n) is 6.84. The normalized spacial score (nSPS) is 27.3. The van der Waals surface area contributed by atoms with Crippen LogP contribution in [0.25, 0.3) is 0 Å². The molecule has 0 spiro atoms. The Hall–Kier alpha value is -1.22. The SMILES string of the molecule is COC1(C(=O)c2ccc(C)c(F)c2)CCCC(C)C1. The molecule has 2 rings (SSSR count). The van der Waals surface area contributed by atoms with Gasteiger partial charge in [0.25, 0.3) is 0 Å². The van der Waals surface area contributed by atoms with Crippen molar-refractivity contribution in [1.29, 1.82) is 0 Å². The van der Waals surface area contributed by atoms with Crippen molar-refractivity contribution >= 4 is 5.78 Å². The minimum atomic E-state index is -0.765. The number of aryl methyl sites for hydroxylation is 1. The van der Waals surface area contributed by atoms with E-state index in [9.17, 15) is 9.18 Å². The van der Waals surface area contributed by atoms with Gasteiger partial charge in [0.05, 0.1) is 0 Å². The maximum atomic E-state index is 13.6. The van der Waals surface area contributed by atoms with Crippen molar-refractivity contribution < 1.29 is 13.9 Å². The topological polar surface area (TPSA) is 26.3 Å². The van der Waals surface area contributed by atoms with Crippen LogP contribution in [0.15, 0.2) is 18.2 Å². The summed E-state index contributed by atoms with van der Waals surface area (Å²) >= 11 is 0. The number of carbonyl (C=O) groups excluding carboxylic acids is 1. The Labute approximate surface area is 114 Å². The van der Waals surface area contributed by atoms with Crippen molar-refractivity contribution in [3.8, 4) is 0 Å². The first-order chi connectivity index (χ1) is 8.98. The average Bonchev–Trinajstić information content (AvgIpc) is 2.41. The number of Topliss-reactive ketones (excluding diaryl/α,β-unsaturated/α-hetero) is 1. The van der Waals surface area contributed by atoms with Gasteiger partial charge in [0, 0.05) is 12.7 Å². The predicted molar refractivity (Wildman–Crippen MR) is 72.8 cm³/mol. The lowest BCUT2D eigenvalue weighted by molar-refractivity contribution is -0.0302. The number of halogens is 1. The van der Waals surface area contributed by atoms with E-state index in [1.807, 2.05) is 0 Å². The third-order valence-electron chi connectivity index (χ3n) is 4.19. The molecule has 2 unspecified atom stereocenters. The highest BCUT2D eigenvalue weighted by Gasteiger charge is 2.42. The summed E-state index contributed by atoms with van der Waals surface area (Å²) in [4.78, 5) is 12.7. The van der Waals surface area contributed by atoms with E-state index < -0.39 is 5.60 Å². The monoisotopic (exact) mass is 264 g/mol. The summed E-state index contributed by atoms with van der Waals surface area (Å²) in [6, 6.07) is 4.68. The van der Waals surface area contributed by atoms with Crippen LogP contribution in [0.1, 0.15) is 48.5 Å². The third kappa shape index (κ3) is 2.71. The molecule has 0 bridgehead atoms. The standard InChI is InChI=1S/C16H21FO2/c1-11-5-4-8-16(10-11,19-3)15(18)13-7-6-12(2)14(17)9-13/h6-7,9,11H,4-5,8,10H2,1-3H3. The molecule has 0 heterocycles. The first kappa shape index (κ1) is 14.2. The van der Waals surface area contributed by atoms with Crippen molar-refractivity contribution in [3.05, 3.63) is 35.1 Å². The molecule has 2 nitrogen and oxygen atoms in total. The summed E-state index contributed by atoms with van der Waals surface area (Å²) in [5.74, 6) is 0.0503. The van der Waals surface area contributed by atoms with Crippen molar-refractivity contribution in [1.82, 2.24) is 0 Å². The molecule has 1 aliphatic carbocycles. The van der Waals surface area contributed by atoms with E-state index in [0.717, 1.165) is 25.7 Å². The van der Waals surface area contributed by atoms with E-state index in [0.29, 0.717) is 17.0 Å². The van der Waals surface area contributed by atoms with Crippen LogP contribution in [0, 0.1) is 18.7 Å². The number of carbonyl (C=O) groups is 1. The molecule has 104 valence electrons. The second kappa shape index (κ2) is 5.41. The van der Waals surface area contributed by atoms with Gasteiger partial charge < -0.3 is 4.74 Å². The van der Waals surface area contributed by atoms with Gasteiger partial charge in [-0.15, -0.1) is 0 Å². The average molecular weight is 264 g/mol. The van der Waals surface area contributed by atoms with E-state index in [1.165, 1.54) is 6.07 Å². The Bertz CT molecular complexity index is 484. The second-order valence-electron chi connectivity index (χ2n) is 5.69. The second-order valence-corrected chi connectivity index (χ2v) is 5.69. The minimum absolute atomic E-state index is 0.0829. The molecule has 0 radical (unpaired) electrons. The van der Waals surface area contributed by atoms with Crippen LogP contribution in [-0.2, 0) is 4.74 Å². The molecule has 1 saturated carbocycles. The molecule has 0 amide bonds. The van der Waals surface area contributed by atoms with Crippen LogP contribution in [0.2, 0.25) is 0 Å². The Balaban J connectivity index is 2.32. The Morgan fingerprint density at radius 3 is 2.79 bits per heavy atom. The number of benzene rings is 1. The molecule has 2 atom stereocenters. The summed E-state index contributed by atoms with van der Waals surface area (Å²) in [5, 5.41) is 0. The summed E-state index contributed by atoms with van der Waals surface area (Å²) < 4.78 is 19.2. The van der Waals surface area contributed by atoms with E-state index in [2.05, 4.69) is 6.92 Å². The number of methoxy groups -OCH3 is 1. The smallest absolute Gasteiger partial charge is 0.194 e. The van der Waals surface area contributed by atoms with Crippen LogP contribution in [0.5, 0.6) is 0 Å². The number of rotatable bonds is 3. The van der Waals surface area contributed by atoms with Gasteiger partial charge in [-0.1, -0.05) is 25.5 Å². The summed E-state index contributed by atoms with van der Waals surface area (Å²) in [7, 11) is 1.58. The van der Waals surface area contributed by atoms with Gasteiger partial charge >= 0.3 is 0 Å². The van der Waals surface area contributed by atoms with Gasteiger partial charge in [-0.25, -0.2) is 4.39 Å². The van der Waals surface area contributed by atoms with Gasteiger partial charge in [-0.2, -0.15) is 0 Å². The highest BCUT2D eigenvalue weighted by molar-refractivity contribution is 6.02. The number of hydrogen-bond acceptors (Lipinski definition) is 2. The first-order valence-corrected chi connectivity index (χ1v) is 6.84. The molecule has 0 N–H and O–H groups in total.